The largest absolute Gasteiger partial charge is 0.326 e. The molecule has 0 saturated heterocycles. The van der Waals surface area contributed by atoms with Gasteiger partial charge in [0.2, 0.25) is 11.9 Å². The Morgan fingerprint density at radius 1 is 1.04 bits per heavy atom. The van der Waals surface area contributed by atoms with Crippen LogP contribution in [-0.4, -0.2) is 15.5 Å². The van der Waals surface area contributed by atoms with Crippen LogP contribution in [0.2, 0.25) is 5.02 Å². The Bertz CT molecular complexity index is 1130. The molecule has 0 saturated carbocycles. The van der Waals surface area contributed by atoms with Crippen molar-refractivity contribution in [3.05, 3.63) is 86.3 Å². The minimum Gasteiger partial charge on any atom is -0.326 e. The summed E-state index contributed by atoms with van der Waals surface area (Å²) in [4.78, 5) is 21.9. The summed E-state index contributed by atoms with van der Waals surface area (Å²) in [5, 5.41) is 7.06. The van der Waals surface area contributed by atoms with Gasteiger partial charge in [-0.05, 0) is 61.7 Å². The standard InChI is InChI=1S/C21H20ClN5O/c1-12-4-9-17(10-13(12)2)24-20-25-19(15-5-7-16(22)8-6-15)27-18(28)11-14(3)23-21(27)26-20/h4-11,19H,1-3H3,(H2,23,24,25,26)/t19-/m1/s1. The Balaban J connectivity index is 1.78. The third kappa shape index (κ3) is 3.51. The van der Waals surface area contributed by atoms with E-state index in [1.165, 1.54) is 17.2 Å². The topological polar surface area (TPSA) is 71.3 Å². The third-order valence-corrected chi connectivity index (χ3v) is 5.00. The number of hydrogen-bond donors (Lipinski definition) is 2. The van der Waals surface area contributed by atoms with Crippen molar-refractivity contribution in [2.45, 2.75) is 26.9 Å². The Kier molecular flexibility index (Phi) is 4.65. The van der Waals surface area contributed by atoms with E-state index in [9.17, 15) is 4.79 Å². The maximum Gasteiger partial charge on any atom is 0.257 e. The number of nitrogens with one attached hydrogen (secondary N) is 2. The van der Waals surface area contributed by atoms with Gasteiger partial charge in [-0.3, -0.25) is 14.7 Å². The van der Waals surface area contributed by atoms with Gasteiger partial charge in [0.05, 0.1) is 0 Å². The average molecular weight is 394 g/mol. The van der Waals surface area contributed by atoms with Crippen LogP contribution in [0.4, 0.5) is 11.6 Å². The molecule has 0 unspecified atom stereocenters. The minimum atomic E-state index is -0.539. The number of nitrogens with zero attached hydrogens (tertiary/aromatic N) is 3. The van der Waals surface area contributed by atoms with Gasteiger partial charge in [0, 0.05) is 22.5 Å². The lowest BCUT2D eigenvalue weighted by Crippen LogP contribution is -2.37. The number of hydrogen-bond acceptors (Lipinski definition) is 5. The van der Waals surface area contributed by atoms with Crippen molar-refractivity contribution in [2.24, 2.45) is 4.99 Å². The zero-order chi connectivity index (χ0) is 19.8. The maximum atomic E-state index is 12.6. The Morgan fingerprint density at radius 3 is 2.50 bits per heavy atom. The van der Waals surface area contributed by atoms with E-state index in [0.717, 1.165) is 11.3 Å². The SMILES string of the molecule is Cc1cc(=O)n2c(n1)NC(Nc1ccc(C)c(C)c1)=N[C@H]2c1ccc(Cl)cc1. The summed E-state index contributed by atoms with van der Waals surface area (Å²) in [6.45, 7) is 5.93. The van der Waals surface area contributed by atoms with Crippen LogP contribution in [0, 0.1) is 20.8 Å². The molecule has 2 N–H and O–H groups in total. The first-order valence-electron chi connectivity index (χ1n) is 8.95. The molecule has 0 spiro atoms. The highest BCUT2D eigenvalue weighted by Crippen LogP contribution is 2.27. The predicted molar refractivity (Wildman–Crippen MR) is 113 cm³/mol. The molecule has 0 bridgehead atoms. The summed E-state index contributed by atoms with van der Waals surface area (Å²) in [6.07, 6.45) is -0.539. The molecule has 1 aliphatic rings. The molecule has 1 aromatic heterocycles. The van der Waals surface area contributed by atoms with E-state index in [1.54, 1.807) is 23.6 Å². The number of fused-ring (bicyclic) bond motifs is 1. The van der Waals surface area contributed by atoms with Crippen LogP contribution >= 0.6 is 11.6 Å². The van der Waals surface area contributed by atoms with E-state index in [2.05, 4.69) is 41.6 Å². The zero-order valence-corrected chi connectivity index (χ0v) is 16.6. The van der Waals surface area contributed by atoms with Gasteiger partial charge in [-0.15, -0.1) is 0 Å². The number of halogens is 1. The van der Waals surface area contributed by atoms with E-state index < -0.39 is 6.17 Å². The maximum absolute atomic E-state index is 12.6. The van der Waals surface area contributed by atoms with Crippen LogP contribution in [-0.2, 0) is 0 Å². The summed E-state index contributed by atoms with van der Waals surface area (Å²) in [6, 6.07) is 14.9. The molecule has 7 heteroatoms. The van der Waals surface area contributed by atoms with Gasteiger partial charge in [-0.25, -0.2) is 9.98 Å². The van der Waals surface area contributed by atoms with Gasteiger partial charge >= 0.3 is 0 Å². The van der Waals surface area contributed by atoms with Gasteiger partial charge in [-0.2, -0.15) is 0 Å². The van der Waals surface area contributed by atoms with Gasteiger partial charge in [0.15, 0.2) is 6.17 Å². The zero-order valence-electron chi connectivity index (χ0n) is 15.8. The second-order valence-electron chi connectivity index (χ2n) is 6.88. The van der Waals surface area contributed by atoms with E-state index in [-0.39, 0.29) is 5.56 Å². The quantitative estimate of drug-likeness (QED) is 0.682. The highest BCUT2D eigenvalue weighted by molar-refractivity contribution is 6.30. The molecular weight excluding hydrogens is 374 g/mol. The Morgan fingerprint density at radius 2 is 1.79 bits per heavy atom. The van der Waals surface area contributed by atoms with E-state index in [4.69, 9.17) is 16.6 Å². The second-order valence-corrected chi connectivity index (χ2v) is 7.32. The fourth-order valence-electron chi connectivity index (χ4n) is 3.13. The summed E-state index contributed by atoms with van der Waals surface area (Å²) < 4.78 is 1.54. The molecule has 142 valence electrons. The number of guanidine groups is 1. The number of anilines is 2. The van der Waals surface area contributed by atoms with Gasteiger partial charge in [0.1, 0.15) is 0 Å². The van der Waals surface area contributed by atoms with Crippen molar-refractivity contribution in [3.8, 4) is 0 Å². The molecule has 0 radical (unpaired) electrons. The van der Waals surface area contributed by atoms with Gasteiger partial charge < -0.3 is 5.32 Å². The molecular formula is C21H20ClN5O. The first-order valence-corrected chi connectivity index (χ1v) is 9.33. The number of aromatic nitrogens is 2. The number of aliphatic imine (C=N–C) groups is 1. The van der Waals surface area contributed by atoms with E-state index in [1.807, 2.05) is 18.2 Å². The van der Waals surface area contributed by atoms with Gasteiger partial charge in [0.25, 0.3) is 5.56 Å². The normalized spacial score (nSPS) is 15.4. The lowest BCUT2D eigenvalue weighted by atomic mass is 10.1. The highest BCUT2D eigenvalue weighted by atomic mass is 35.5. The smallest absolute Gasteiger partial charge is 0.257 e. The van der Waals surface area contributed by atoms with Crippen molar-refractivity contribution >= 4 is 29.2 Å². The summed E-state index contributed by atoms with van der Waals surface area (Å²) in [7, 11) is 0. The molecule has 3 aromatic rings. The third-order valence-electron chi connectivity index (χ3n) is 4.74. The molecule has 1 aliphatic heterocycles. The molecule has 0 aliphatic carbocycles. The fourth-order valence-corrected chi connectivity index (χ4v) is 3.25. The van der Waals surface area contributed by atoms with Crippen molar-refractivity contribution < 1.29 is 0 Å². The van der Waals surface area contributed by atoms with Crippen molar-refractivity contribution in [3.63, 3.8) is 0 Å². The van der Waals surface area contributed by atoms with Crippen molar-refractivity contribution in [1.82, 2.24) is 9.55 Å². The van der Waals surface area contributed by atoms with Crippen molar-refractivity contribution in [2.75, 3.05) is 10.6 Å². The summed E-state index contributed by atoms with van der Waals surface area (Å²) in [5.41, 5.74) is 4.64. The van der Waals surface area contributed by atoms with Crippen LogP contribution in [0.1, 0.15) is 28.6 Å². The lowest BCUT2D eigenvalue weighted by Gasteiger charge is -2.27. The molecule has 0 fully saturated rings. The van der Waals surface area contributed by atoms with Crippen LogP contribution in [0.3, 0.4) is 0 Å². The molecule has 4 rings (SSSR count). The molecule has 1 atom stereocenters. The monoisotopic (exact) mass is 393 g/mol. The fraction of sp³-hybridized carbons (Fsp3) is 0.190. The summed E-state index contributed by atoms with van der Waals surface area (Å²) in [5.74, 6) is 0.979. The lowest BCUT2D eigenvalue weighted by molar-refractivity contribution is 0.577. The van der Waals surface area contributed by atoms with Gasteiger partial charge in [-0.1, -0.05) is 29.8 Å². The summed E-state index contributed by atoms with van der Waals surface area (Å²) >= 11 is 6.03. The molecule has 28 heavy (non-hydrogen) atoms. The number of rotatable bonds is 2. The number of benzene rings is 2. The first kappa shape index (κ1) is 18.3. The molecule has 2 heterocycles. The van der Waals surface area contributed by atoms with Crippen LogP contribution in [0.25, 0.3) is 0 Å². The molecule has 6 nitrogen and oxygen atoms in total. The Hall–Kier alpha value is -3.12. The molecule has 2 aromatic carbocycles. The average Bonchev–Trinajstić information content (AvgIpc) is 2.64. The van der Waals surface area contributed by atoms with E-state index in [0.29, 0.717) is 22.6 Å². The Labute approximate surface area is 167 Å². The molecule has 0 amide bonds. The first-order chi connectivity index (χ1) is 13.4. The van der Waals surface area contributed by atoms with Crippen LogP contribution in [0.15, 0.2) is 58.3 Å². The van der Waals surface area contributed by atoms with Crippen LogP contribution < -0.4 is 16.2 Å². The highest BCUT2D eigenvalue weighted by Gasteiger charge is 2.25. The minimum absolute atomic E-state index is 0.163. The predicted octanol–water partition coefficient (Wildman–Crippen LogP) is 4.26. The van der Waals surface area contributed by atoms with Crippen molar-refractivity contribution in [1.29, 1.82) is 0 Å². The van der Waals surface area contributed by atoms with E-state index >= 15 is 0 Å². The number of aryl methyl sites for hydroxylation is 3. The second kappa shape index (κ2) is 7.13. The van der Waals surface area contributed by atoms with Crippen LogP contribution in [0.5, 0.6) is 0 Å².